The highest BCUT2D eigenvalue weighted by Crippen LogP contribution is 2.28. The Kier molecular flexibility index (Phi) is 6.66. The molecule has 2 rings (SSSR count). The van der Waals surface area contributed by atoms with E-state index in [1.807, 2.05) is 12.1 Å². The summed E-state index contributed by atoms with van der Waals surface area (Å²) in [5, 5.41) is 12.7. The number of aliphatic hydroxyl groups is 1. The van der Waals surface area contributed by atoms with Crippen molar-refractivity contribution in [1.82, 2.24) is 0 Å². The van der Waals surface area contributed by atoms with Crippen LogP contribution in [-0.4, -0.2) is 11.2 Å². The topological polar surface area (TPSA) is 46.2 Å². The molecule has 0 aliphatic rings. The number of aliphatic hydroxyl groups excluding tert-OH is 1. The van der Waals surface area contributed by atoms with E-state index in [-0.39, 0.29) is 18.4 Å². The van der Waals surface area contributed by atoms with Crippen molar-refractivity contribution in [2.75, 3.05) is 0 Å². The van der Waals surface area contributed by atoms with E-state index >= 15 is 0 Å². The second-order valence-electron chi connectivity index (χ2n) is 6.08. The molecule has 0 saturated carbocycles. The van der Waals surface area contributed by atoms with Crippen LogP contribution >= 0.6 is 12.4 Å². The van der Waals surface area contributed by atoms with Crippen molar-refractivity contribution in [3.63, 3.8) is 0 Å². The Labute approximate surface area is 133 Å². The maximum atomic E-state index is 10.3. The normalized spacial score (nSPS) is 14.0. The Hall–Kier alpha value is -1.09. The van der Waals surface area contributed by atoms with Gasteiger partial charge < -0.3 is 10.8 Å². The number of hydrogen-bond acceptors (Lipinski definition) is 2. The summed E-state index contributed by atoms with van der Waals surface area (Å²) in [6.45, 7) is 6.44. The minimum absolute atomic E-state index is 0. The second-order valence-corrected chi connectivity index (χ2v) is 6.08. The number of fused-ring (bicyclic) bond motifs is 1. The molecule has 0 saturated heterocycles. The van der Waals surface area contributed by atoms with Gasteiger partial charge in [-0.1, -0.05) is 50.2 Å². The largest absolute Gasteiger partial charge is 0.391 e. The van der Waals surface area contributed by atoms with E-state index in [1.54, 1.807) is 0 Å². The van der Waals surface area contributed by atoms with Gasteiger partial charge in [0.05, 0.1) is 12.1 Å². The lowest BCUT2D eigenvalue weighted by Crippen LogP contribution is -2.26. The van der Waals surface area contributed by atoms with Crippen LogP contribution < -0.4 is 5.73 Å². The van der Waals surface area contributed by atoms with Crippen molar-refractivity contribution < 1.29 is 5.11 Å². The molecule has 0 aromatic heterocycles. The van der Waals surface area contributed by atoms with Gasteiger partial charge in [-0.05, 0) is 47.6 Å². The summed E-state index contributed by atoms with van der Waals surface area (Å²) >= 11 is 0. The van der Waals surface area contributed by atoms with Crippen molar-refractivity contribution in [2.45, 2.75) is 45.8 Å². The smallest absolute Gasteiger partial charge is 0.0733 e. The van der Waals surface area contributed by atoms with E-state index in [4.69, 9.17) is 5.73 Å². The lowest BCUT2D eigenvalue weighted by molar-refractivity contribution is 0.129. The summed E-state index contributed by atoms with van der Waals surface area (Å²) in [4.78, 5) is 0. The molecule has 2 aromatic carbocycles. The van der Waals surface area contributed by atoms with Gasteiger partial charge in [0.25, 0.3) is 0 Å². The van der Waals surface area contributed by atoms with Crippen molar-refractivity contribution in [1.29, 1.82) is 0 Å². The maximum absolute atomic E-state index is 10.3. The molecule has 0 aliphatic heterocycles. The van der Waals surface area contributed by atoms with Gasteiger partial charge in [-0.25, -0.2) is 0 Å². The summed E-state index contributed by atoms with van der Waals surface area (Å²) in [5.41, 5.74) is 8.58. The Morgan fingerprint density at radius 1 is 1.00 bits per heavy atom. The molecule has 21 heavy (non-hydrogen) atoms. The van der Waals surface area contributed by atoms with Gasteiger partial charge in [0.1, 0.15) is 0 Å². The van der Waals surface area contributed by atoms with Gasteiger partial charge in [-0.3, -0.25) is 0 Å². The van der Waals surface area contributed by atoms with E-state index < -0.39 is 6.10 Å². The molecule has 2 nitrogen and oxygen atoms in total. The zero-order valence-electron chi connectivity index (χ0n) is 13.0. The first-order valence-corrected chi connectivity index (χ1v) is 7.42. The molecule has 3 N–H and O–H groups in total. The fraction of sp³-hybridized carbons (Fsp3) is 0.444. The molecule has 116 valence electrons. The number of aryl methyl sites for hydroxylation is 1. The fourth-order valence-electron chi connectivity index (χ4n) is 2.65. The predicted octanol–water partition coefficient (Wildman–Crippen LogP) is 4.37. The first-order chi connectivity index (χ1) is 9.50. The molecular formula is C18H26ClNO. The van der Waals surface area contributed by atoms with Crippen LogP contribution in [-0.2, 0) is 0 Å². The summed E-state index contributed by atoms with van der Waals surface area (Å²) in [5.74, 6) is 0.589. The first kappa shape index (κ1) is 18.0. The predicted molar refractivity (Wildman–Crippen MR) is 92.9 cm³/mol. The van der Waals surface area contributed by atoms with Crippen molar-refractivity contribution in [3.8, 4) is 0 Å². The molecule has 0 radical (unpaired) electrons. The summed E-state index contributed by atoms with van der Waals surface area (Å²) in [6, 6.07) is 12.1. The quantitative estimate of drug-likeness (QED) is 0.861. The minimum atomic E-state index is -0.483. The Bertz CT molecular complexity index is 582. The fourth-order valence-corrected chi connectivity index (χ4v) is 2.65. The zero-order valence-corrected chi connectivity index (χ0v) is 13.9. The third-order valence-electron chi connectivity index (χ3n) is 3.99. The van der Waals surface area contributed by atoms with Crippen LogP contribution in [0.2, 0.25) is 0 Å². The minimum Gasteiger partial charge on any atom is -0.391 e. The van der Waals surface area contributed by atoms with Crippen LogP contribution in [0.5, 0.6) is 0 Å². The van der Waals surface area contributed by atoms with E-state index in [0.717, 1.165) is 23.8 Å². The maximum Gasteiger partial charge on any atom is 0.0733 e. The molecule has 0 fully saturated rings. The number of halogens is 1. The molecule has 0 heterocycles. The van der Waals surface area contributed by atoms with Crippen LogP contribution in [0.4, 0.5) is 0 Å². The second kappa shape index (κ2) is 7.79. The van der Waals surface area contributed by atoms with E-state index in [1.165, 1.54) is 10.9 Å². The monoisotopic (exact) mass is 307 g/mol. The summed E-state index contributed by atoms with van der Waals surface area (Å²) in [7, 11) is 0. The summed E-state index contributed by atoms with van der Waals surface area (Å²) in [6.07, 6.45) is 1.27. The highest BCUT2D eigenvalue weighted by atomic mass is 35.5. The molecule has 3 heteroatoms. The third-order valence-corrected chi connectivity index (χ3v) is 3.99. The number of rotatable bonds is 5. The third kappa shape index (κ3) is 4.19. The van der Waals surface area contributed by atoms with E-state index in [9.17, 15) is 5.11 Å². The molecule has 2 atom stereocenters. The van der Waals surface area contributed by atoms with Crippen LogP contribution in [0.25, 0.3) is 10.8 Å². The van der Waals surface area contributed by atoms with Crippen LogP contribution in [0.1, 0.15) is 43.9 Å². The molecule has 0 aliphatic carbocycles. The van der Waals surface area contributed by atoms with Crippen molar-refractivity contribution in [2.24, 2.45) is 11.7 Å². The number of hydrogen-bond donors (Lipinski definition) is 2. The van der Waals surface area contributed by atoms with Gasteiger partial charge in [0.15, 0.2) is 0 Å². The van der Waals surface area contributed by atoms with E-state index in [2.05, 4.69) is 45.0 Å². The standard InChI is InChI=1S/C18H25NO.ClH/c1-12(2)8-11-17(20)18(19)16-10-9-13(3)14-6-4-5-7-15(14)16;/h4-7,9-10,12,17-18,20H,8,11,19H2,1-3H3;1H/t17-,18+;/m1./s1. The Balaban J connectivity index is 0.00000220. The lowest BCUT2D eigenvalue weighted by Gasteiger charge is -2.22. The van der Waals surface area contributed by atoms with Gasteiger partial charge in [-0.2, -0.15) is 0 Å². The number of nitrogens with two attached hydrogens (primary N) is 1. The SMILES string of the molecule is Cc1ccc([C@H](N)[C@H](O)CCC(C)C)c2ccccc12.Cl. The Morgan fingerprint density at radius 3 is 2.24 bits per heavy atom. The van der Waals surface area contributed by atoms with Gasteiger partial charge in [0, 0.05) is 0 Å². The van der Waals surface area contributed by atoms with Crippen molar-refractivity contribution >= 4 is 23.2 Å². The molecule has 0 unspecified atom stereocenters. The van der Waals surface area contributed by atoms with Gasteiger partial charge >= 0.3 is 0 Å². The van der Waals surface area contributed by atoms with E-state index in [0.29, 0.717) is 5.92 Å². The van der Waals surface area contributed by atoms with Gasteiger partial charge in [0.2, 0.25) is 0 Å². The highest BCUT2D eigenvalue weighted by Gasteiger charge is 2.19. The first-order valence-electron chi connectivity index (χ1n) is 7.42. The van der Waals surface area contributed by atoms with Crippen LogP contribution in [0.15, 0.2) is 36.4 Å². The average Bonchev–Trinajstić information content (AvgIpc) is 2.44. The van der Waals surface area contributed by atoms with Gasteiger partial charge in [-0.15, -0.1) is 12.4 Å². The molecule has 0 spiro atoms. The lowest BCUT2D eigenvalue weighted by atomic mass is 9.91. The number of benzene rings is 2. The zero-order chi connectivity index (χ0) is 14.7. The summed E-state index contributed by atoms with van der Waals surface area (Å²) < 4.78 is 0. The molecule has 0 bridgehead atoms. The van der Waals surface area contributed by atoms with Crippen molar-refractivity contribution in [3.05, 3.63) is 47.5 Å². The highest BCUT2D eigenvalue weighted by molar-refractivity contribution is 5.89. The van der Waals surface area contributed by atoms with Crippen LogP contribution in [0.3, 0.4) is 0 Å². The Morgan fingerprint density at radius 2 is 1.62 bits per heavy atom. The molecule has 0 amide bonds. The molecular weight excluding hydrogens is 282 g/mol. The molecule has 2 aromatic rings. The van der Waals surface area contributed by atoms with Crippen LogP contribution in [0, 0.1) is 12.8 Å². The average molecular weight is 308 g/mol.